The molecule has 0 aromatic heterocycles. The molecule has 3 rings (SSSR count). The zero-order valence-corrected chi connectivity index (χ0v) is 8.47. The van der Waals surface area contributed by atoms with Gasteiger partial charge in [0, 0.05) is 18.5 Å². The first kappa shape index (κ1) is 8.92. The monoisotopic (exact) mass is 202 g/mol. The molecule has 1 heterocycles. The van der Waals surface area contributed by atoms with E-state index in [9.17, 15) is 4.79 Å². The van der Waals surface area contributed by atoms with E-state index in [0.717, 1.165) is 13.0 Å². The summed E-state index contributed by atoms with van der Waals surface area (Å²) in [7, 11) is 0. The highest BCUT2D eigenvalue weighted by Gasteiger charge is 2.50. The van der Waals surface area contributed by atoms with Crippen molar-refractivity contribution < 1.29 is 4.79 Å². The van der Waals surface area contributed by atoms with E-state index < -0.39 is 0 Å². The van der Waals surface area contributed by atoms with Crippen LogP contribution in [0.4, 0.5) is 0 Å². The fraction of sp³-hybridized carbons (Fsp3) is 0.417. The van der Waals surface area contributed by atoms with Crippen LogP contribution in [0.1, 0.15) is 17.9 Å². The van der Waals surface area contributed by atoms with Gasteiger partial charge in [-0.1, -0.05) is 30.3 Å². The zero-order valence-electron chi connectivity index (χ0n) is 8.47. The smallest absolute Gasteiger partial charge is 0.241 e. The van der Waals surface area contributed by atoms with Crippen LogP contribution >= 0.6 is 0 Å². The van der Waals surface area contributed by atoms with Crippen molar-refractivity contribution in [2.75, 3.05) is 6.54 Å². The Balaban J connectivity index is 1.68. The van der Waals surface area contributed by atoms with E-state index in [4.69, 9.17) is 5.73 Å². The van der Waals surface area contributed by atoms with E-state index in [-0.39, 0.29) is 11.9 Å². The highest BCUT2D eigenvalue weighted by Crippen LogP contribution is 2.46. The first-order valence-corrected chi connectivity index (χ1v) is 5.38. The van der Waals surface area contributed by atoms with Crippen molar-refractivity contribution in [3.63, 3.8) is 0 Å². The normalized spacial score (nSPS) is 33.8. The molecule has 1 amide bonds. The molecule has 2 fully saturated rings. The third kappa shape index (κ3) is 1.35. The Morgan fingerprint density at radius 2 is 2.00 bits per heavy atom. The van der Waals surface area contributed by atoms with Crippen molar-refractivity contribution >= 4 is 5.91 Å². The third-order valence-corrected chi connectivity index (χ3v) is 3.38. The lowest BCUT2D eigenvalue weighted by Crippen LogP contribution is -2.61. The number of hydrogen-bond acceptors (Lipinski definition) is 2. The number of benzene rings is 1. The lowest BCUT2D eigenvalue weighted by atomic mass is 10.1. The number of nitrogens with zero attached hydrogens (tertiary/aromatic N) is 1. The molecule has 0 spiro atoms. The van der Waals surface area contributed by atoms with E-state index >= 15 is 0 Å². The minimum Gasteiger partial charge on any atom is -0.336 e. The highest BCUT2D eigenvalue weighted by molar-refractivity contribution is 5.88. The average molecular weight is 202 g/mol. The minimum absolute atomic E-state index is 0.124. The second kappa shape index (κ2) is 3.07. The number of hydrogen-bond donors (Lipinski definition) is 1. The van der Waals surface area contributed by atoms with Crippen LogP contribution in [0.2, 0.25) is 0 Å². The second-order valence-electron chi connectivity index (χ2n) is 4.42. The van der Waals surface area contributed by atoms with Crippen molar-refractivity contribution in [3.05, 3.63) is 35.9 Å². The van der Waals surface area contributed by atoms with Crippen molar-refractivity contribution in [2.24, 2.45) is 5.73 Å². The predicted octanol–water partition coefficient (Wildman–Crippen LogP) is 0.712. The number of rotatable bonds is 2. The van der Waals surface area contributed by atoms with E-state index in [0.29, 0.717) is 12.0 Å². The van der Waals surface area contributed by atoms with E-state index in [1.807, 2.05) is 23.1 Å². The number of β-lactam (4-membered cyclic amide) rings is 1. The lowest BCUT2D eigenvalue weighted by molar-refractivity contribution is -0.143. The summed E-state index contributed by atoms with van der Waals surface area (Å²) < 4.78 is 0. The molecule has 1 saturated heterocycles. The number of carbonyl (C=O) groups excluding carboxylic acids is 1. The fourth-order valence-corrected chi connectivity index (χ4v) is 2.36. The quantitative estimate of drug-likeness (QED) is 0.718. The summed E-state index contributed by atoms with van der Waals surface area (Å²) in [6.45, 7) is 0.743. The standard InChI is InChI=1S/C12H14N2O/c13-10-7-14(12(10)15)11-6-9(11)8-4-2-1-3-5-8/h1-5,9-11H,6-7,13H2. The molecule has 1 aliphatic heterocycles. The Morgan fingerprint density at radius 3 is 2.60 bits per heavy atom. The highest BCUT2D eigenvalue weighted by atomic mass is 16.2. The maximum atomic E-state index is 11.4. The molecular formula is C12H14N2O. The molecule has 78 valence electrons. The van der Waals surface area contributed by atoms with Gasteiger partial charge >= 0.3 is 0 Å². The van der Waals surface area contributed by atoms with Crippen LogP contribution in [0.3, 0.4) is 0 Å². The molecule has 2 aliphatic rings. The van der Waals surface area contributed by atoms with Crippen molar-refractivity contribution in [3.8, 4) is 0 Å². The maximum Gasteiger partial charge on any atom is 0.241 e. The fourth-order valence-electron chi connectivity index (χ4n) is 2.36. The van der Waals surface area contributed by atoms with E-state index in [1.165, 1.54) is 5.56 Å². The van der Waals surface area contributed by atoms with Gasteiger partial charge in [0.2, 0.25) is 5.91 Å². The van der Waals surface area contributed by atoms with Gasteiger partial charge in [0.1, 0.15) is 6.04 Å². The van der Waals surface area contributed by atoms with Gasteiger partial charge in [-0.25, -0.2) is 0 Å². The molecule has 2 N–H and O–H groups in total. The van der Waals surface area contributed by atoms with Crippen LogP contribution < -0.4 is 5.73 Å². The van der Waals surface area contributed by atoms with Crippen LogP contribution in [0.25, 0.3) is 0 Å². The Hall–Kier alpha value is -1.35. The minimum atomic E-state index is -0.234. The SMILES string of the molecule is NC1CN(C2CC2c2ccccc2)C1=O. The van der Waals surface area contributed by atoms with Crippen LogP contribution in [-0.2, 0) is 4.79 Å². The average Bonchev–Trinajstić information content (AvgIpc) is 3.06. The van der Waals surface area contributed by atoms with Crippen LogP contribution in [0.5, 0.6) is 0 Å². The summed E-state index contributed by atoms with van der Waals surface area (Å²) in [6, 6.07) is 10.6. The Kier molecular flexibility index (Phi) is 1.83. The van der Waals surface area contributed by atoms with Crippen LogP contribution in [0.15, 0.2) is 30.3 Å². The Labute approximate surface area is 88.9 Å². The first-order valence-electron chi connectivity index (χ1n) is 5.38. The van der Waals surface area contributed by atoms with Crippen molar-refractivity contribution in [2.45, 2.75) is 24.4 Å². The molecule has 1 aliphatic carbocycles. The lowest BCUT2D eigenvalue weighted by Gasteiger charge is -2.36. The third-order valence-electron chi connectivity index (χ3n) is 3.38. The number of carbonyl (C=O) groups is 1. The summed E-state index contributed by atoms with van der Waals surface area (Å²) in [6.07, 6.45) is 1.10. The van der Waals surface area contributed by atoms with Crippen LogP contribution in [0, 0.1) is 0 Å². The van der Waals surface area contributed by atoms with E-state index in [2.05, 4.69) is 12.1 Å². The van der Waals surface area contributed by atoms with E-state index in [1.54, 1.807) is 0 Å². The summed E-state index contributed by atoms with van der Waals surface area (Å²) >= 11 is 0. The molecule has 15 heavy (non-hydrogen) atoms. The van der Waals surface area contributed by atoms with Gasteiger partial charge < -0.3 is 10.6 Å². The Bertz CT molecular complexity index is 390. The zero-order chi connectivity index (χ0) is 10.4. The first-order chi connectivity index (χ1) is 7.27. The molecule has 1 saturated carbocycles. The van der Waals surface area contributed by atoms with Gasteiger partial charge in [-0.3, -0.25) is 4.79 Å². The summed E-state index contributed by atoms with van der Waals surface area (Å²) in [5.41, 5.74) is 6.91. The molecule has 1 aromatic rings. The van der Waals surface area contributed by atoms with Crippen LogP contribution in [-0.4, -0.2) is 29.4 Å². The van der Waals surface area contributed by atoms with Gasteiger partial charge in [-0.2, -0.15) is 0 Å². The second-order valence-corrected chi connectivity index (χ2v) is 4.42. The topological polar surface area (TPSA) is 46.3 Å². The molecular weight excluding hydrogens is 188 g/mol. The molecule has 0 radical (unpaired) electrons. The number of amides is 1. The van der Waals surface area contributed by atoms with Crippen molar-refractivity contribution in [1.82, 2.24) is 4.90 Å². The van der Waals surface area contributed by atoms with Crippen molar-refractivity contribution in [1.29, 1.82) is 0 Å². The molecule has 3 atom stereocenters. The molecule has 3 nitrogen and oxygen atoms in total. The van der Waals surface area contributed by atoms with Gasteiger partial charge in [-0.05, 0) is 12.0 Å². The number of nitrogens with two attached hydrogens (primary N) is 1. The molecule has 1 aromatic carbocycles. The van der Waals surface area contributed by atoms with Gasteiger partial charge in [0.25, 0.3) is 0 Å². The summed E-state index contributed by atoms with van der Waals surface area (Å²) in [5, 5.41) is 0. The van der Waals surface area contributed by atoms with Gasteiger partial charge in [-0.15, -0.1) is 0 Å². The Morgan fingerprint density at radius 1 is 1.27 bits per heavy atom. The molecule has 3 unspecified atom stereocenters. The van der Waals surface area contributed by atoms with Gasteiger partial charge in [0.05, 0.1) is 0 Å². The summed E-state index contributed by atoms with van der Waals surface area (Å²) in [5.74, 6) is 0.668. The van der Waals surface area contributed by atoms with Gasteiger partial charge in [0.15, 0.2) is 0 Å². The molecule has 3 heteroatoms. The summed E-state index contributed by atoms with van der Waals surface area (Å²) in [4.78, 5) is 13.3. The largest absolute Gasteiger partial charge is 0.336 e. The molecule has 0 bridgehead atoms. The predicted molar refractivity (Wildman–Crippen MR) is 57.3 cm³/mol. The number of likely N-dealkylation sites (tertiary alicyclic amines) is 1. The maximum absolute atomic E-state index is 11.4.